The third kappa shape index (κ3) is 2.95. The number of carboxylic acid groups (broad SMARTS) is 1. The van der Waals surface area contributed by atoms with E-state index in [0.29, 0.717) is 0 Å². The molecule has 0 aliphatic heterocycles. The molecule has 1 aromatic carbocycles. The van der Waals surface area contributed by atoms with Crippen molar-refractivity contribution in [3.05, 3.63) is 34.9 Å². The molecule has 0 atom stereocenters. The van der Waals surface area contributed by atoms with Crippen LogP contribution in [0, 0.1) is 18.6 Å². The summed E-state index contributed by atoms with van der Waals surface area (Å²) < 4.78 is 27.7. The van der Waals surface area contributed by atoms with Gasteiger partial charge < -0.3 is 10.0 Å². The van der Waals surface area contributed by atoms with E-state index < -0.39 is 29.1 Å². The van der Waals surface area contributed by atoms with Crippen LogP contribution < -0.4 is 0 Å². The maximum absolute atomic E-state index is 14.0. The number of halogens is 2. The Morgan fingerprint density at radius 2 is 2.00 bits per heavy atom. The van der Waals surface area contributed by atoms with E-state index >= 15 is 0 Å². The normalized spacial score (nSPS) is 14.2. The van der Waals surface area contributed by atoms with Crippen molar-refractivity contribution in [3.8, 4) is 0 Å². The van der Waals surface area contributed by atoms with Crippen molar-refractivity contribution in [2.24, 2.45) is 0 Å². The lowest BCUT2D eigenvalue weighted by Crippen LogP contribution is -2.36. The highest BCUT2D eigenvalue weighted by atomic mass is 19.1. The molecule has 0 unspecified atom stereocenters. The van der Waals surface area contributed by atoms with Crippen molar-refractivity contribution >= 4 is 11.9 Å². The van der Waals surface area contributed by atoms with Gasteiger partial charge in [-0.1, -0.05) is 6.07 Å². The monoisotopic (exact) mass is 283 g/mol. The first-order valence-corrected chi connectivity index (χ1v) is 6.39. The van der Waals surface area contributed by atoms with Crippen molar-refractivity contribution in [2.75, 3.05) is 6.54 Å². The van der Waals surface area contributed by atoms with Crippen LogP contribution in [0.2, 0.25) is 0 Å². The number of benzene rings is 1. The van der Waals surface area contributed by atoms with Gasteiger partial charge in [0.15, 0.2) is 0 Å². The van der Waals surface area contributed by atoms with Gasteiger partial charge in [0.1, 0.15) is 17.2 Å². The van der Waals surface area contributed by atoms with Gasteiger partial charge in [0.25, 0.3) is 5.91 Å². The first-order valence-electron chi connectivity index (χ1n) is 6.39. The predicted octanol–water partition coefficient (Wildman–Crippen LogP) is 2.35. The Balaban J connectivity index is 2.28. The molecule has 0 bridgehead atoms. The topological polar surface area (TPSA) is 57.6 Å². The van der Waals surface area contributed by atoms with E-state index in [1.807, 2.05) is 0 Å². The molecular formula is C14H15F2NO3. The van der Waals surface area contributed by atoms with Crippen LogP contribution in [0.1, 0.15) is 35.2 Å². The van der Waals surface area contributed by atoms with E-state index in [4.69, 9.17) is 5.11 Å². The van der Waals surface area contributed by atoms with Gasteiger partial charge in [-0.05, 0) is 31.4 Å². The second-order valence-corrected chi connectivity index (χ2v) is 4.93. The van der Waals surface area contributed by atoms with Gasteiger partial charge in [-0.2, -0.15) is 0 Å². The van der Waals surface area contributed by atoms with Crippen molar-refractivity contribution in [2.45, 2.75) is 32.2 Å². The van der Waals surface area contributed by atoms with E-state index in [9.17, 15) is 18.4 Å². The van der Waals surface area contributed by atoms with E-state index in [1.165, 1.54) is 17.9 Å². The second kappa shape index (κ2) is 5.56. The van der Waals surface area contributed by atoms with Crippen molar-refractivity contribution in [1.29, 1.82) is 0 Å². The van der Waals surface area contributed by atoms with Crippen LogP contribution in [-0.4, -0.2) is 34.5 Å². The molecule has 1 amide bonds. The second-order valence-electron chi connectivity index (χ2n) is 4.93. The number of hydrogen-bond donors (Lipinski definition) is 1. The maximum Gasteiger partial charge on any atom is 0.305 e. The van der Waals surface area contributed by atoms with Gasteiger partial charge in [0, 0.05) is 12.6 Å². The molecule has 4 nitrogen and oxygen atoms in total. The number of carbonyl (C=O) groups is 2. The van der Waals surface area contributed by atoms with Crippen LogP contribution in [0.15, 0.2) is 12.1 Å². The average molecular weight is 283 g/mol. The molecule has 1 saturated carbocycles. The molecule has 1 fully saturated rings. The molecule has 1 aliphatic rings. The number of nitrogens with zero attached hydrogens (tertiary/aromatic N) is 1. The summed E-state index contributed by atoms with van der Waals surface area (Å²) in [5.74, 6) is -3.61. The first kappa shape index (κ1) is 14.4. The maximum atomic E-state index is 14.0. The highest BCUT2D eigenvalue weighted by molar-refractivity contribution is 5.95. The molecule has 1 aliphatic carbocycles. The van der Waals surface area contributed by atoms with E-state index in [1.54, 1.807) is 0 Å². The summed E-state index contributed by atoms with van der Waals surface area (Å²) in [5, 5.41) is 8.68. The largest absolute Gasteiger partial charge is 0.481 e. The fourth-order valence-electron chi connectivity index (χ4n) is 2.05. The minimum Gasteiger partial charge on any atom is -0.481 e. The zero-order valence-corrected chi connectivity index (χ0v) is 11.0. The summed E-state index contributed by atoms with van der Waals surface area (Å²) in [7, 11) is 0. The molecule has 1 aromatic rings. The summed E-state index contributed by atoms with van der Waals surface area (Å²) in [5.41, 5.74) is -0.411. The van der Waals surface area contributed by atoms with Crippen molar-refractivity contribution < 1.29 is 23.5 Å². The fraction of sp³-hybridized carbons (Fsp3) is 0.429. The Morgan fingerprint density at radius 1 is 1.35 bits per heavy atom. The Morgan fingerprint density at radius 3 is 2.55 bits per heavy atom. The van der Waals surface area contributed by atoms with Crippen molar-refractivity contribution in [1.82, 2.24) is 4.90 Å². The zero-order chi connectivity index (χ0) is 14.9. The third-order valence-corrected chi connectivity index (χ3v) is 3.31. The summed E-state index contributed by atoms with van der Waals surface area (Å²) >= 11 is 0. The third-order valence-electron chi connectivity index (χ3n) is 3.31. The molecule has 0 aromatic heterocycles. The first-order chi connectivity index (χ1) is 9.41. The summed E-state index contributed by atoms with van der Waals surface area (Å²) in [6.07, 6.45) is 1.23. The molecule has 2 rings (SSSR count). The summed E-state index contributed by atoms with van der Waals surface area (Å²) in [6, 6.07) is 2.20. The van der Waals surface area contributed by atoms with E-state index in [-0.39, 0.29) is 24.6 Å². The van der Waals surface area contributed by atoms with Gasteiger partial charge in [0.2, 0.25) is 0 Å². The summed E-state index contributed by atoms with van der Waals surface area (Å²) in [4.78, 5) is 24.2. The Bertz CT molecular complexity index is 556. The number of aliphatic carboxylic acids is 1. The molecule has 6 heteroatoms. The van der Waals surface area contributed by atoms with Crippen molar-refractivity contribution in [3.63, 3.8) is 0 Å². The van der Waals surface area contributed by atoms with E-state index in [0.717, 1.165) is 18.9 Å². The van der Waals surface area contributed by atoms with Gasteiger partial charge in [-0.25, -0.2) is 8.78 Å². The Labute approximate surface area is 115 Å². The fourth-order valence-corrected chi connectivity index (χ4v) is 2.05. The van der Waals surface area contributed by atoms with Gasteiger partial charge in [-0.15, -0.1) is 0 Å². The molecule has 0 heterocycles. The number of carbonyl (C=O) groups excluding carboxylic acids is 1. The molecule has 0 radical (unpaired) electrons. The highest BCUT2D eigenvalue weighted by Crippen LogP contribution is 2.30. The van der Waals surface area contributed by atoms with E-state index in [2.05, 4.69) is 0 Å². The molecule has 0 spiro atoms. The van der Waals surface area contributed by atoms with Crippen LogP contribution in [-0.2, 0) is 4.79 Å². The van der Waals surface area contributed by atoms with Crippen LogP contribution in [0.3, 0.4) is 0 Å². The van der Waals surface area contributed by atoms with Crippen LogP contribution in [0.5, 0.6) is 0 Å². The summed E-state index contributed by atoms with van der Waals surface area (Å²) in [6.45, 7) is 1.41. The standard InChI is InChI=1S/C14H15F2NO3/c1-8-2-5-10(15)12(13(8)16)14(20)17(9-3-4-9)7-6-11(18)19/h2,5,9H,3-4,6-7H2,1H3,(H,18,19). The quantitative estimate of drug-likeness (QED) is 0.902. The smallest absolute Gasteiger partial charge is 0.305 e. The molecule has 20 heavy (non-hydrogen) atoms. The molecule has 0 saturated heterocycles. The lowest BCUT2D eigenvalue weighted by Gasteiger charge is -2.22. The minimum absolute atomic E-state index is 0.0361. The van der Waals surface area contributed by atoms with Crippen LogP contribution in [0.4, 0.5) is 8.78 Å². The van der Waals surface area contributed by atoms with Crippen LogP contribution >= 0.6 is 0 Å². The number of hydrogen-bond acceptors (Lipinski definition) is 2. The number of carboxylic acids is 1. The Hall–Kier alpha value is -1.98. The molecular weight excluding hydrogens is 268 g/mol. The highest BCUT2D eigenvalue weighted by Gasteiger charge is 2.35. The number of aryl methyl sites for hydroxylation is 1. The average Bonchev–Trinajstić information content (AvgIpc) is 3.19. The molecule has 1 N–H and O–H groups in total. The number of rotatable bonds is 5. The minimum atomic E-state index is -1.05. The van der Waals surface area contributed by atoms with Crippen LogP contribution in [0.25, 0.3) is 0 Å². The zero-order valence-electron chi connectivity index (χ0n) is 11.0. The lowest BCUT2D eigenvalue weighted by molar-refractivity contribution is -0.137. The van der Waals surface area contributed by atoms with Gasteiger partial charge in [-0.3, -0.25) is 9.59 Å². The number of amides is 1. The molecule has 108 valence electrons. The van der Waals surface area contributed by atoms with Gasteiger partial charge in [0.05, 0.1) is 6.42 Å². The predicted molar refractivity (Wildman–Crippen MR) is 67.4 cm³/mol. The lowest BCUT2D eigenvalue weighted by atomic mass is 10.1. The van der Waals surface area contributed by atoms with Gasteiger partial charge >= 0.3 is 5.97 Å². The Kier molecular flexibility index (Phi) is 4.01. The SMILES string of the molecule is Cc1ccc(F)c(C(=O)N(CCC(=O)O)C2CC2)c1F.